The highest BCUT2D eigenvalue weighted by Crippen LogP contribution is 2.20. The van der Waals surface area contributed by atoms with Crippen LogP contribution in [0.5, 0.6) is 0 Å². The lowest BCUT2D eigenvalue weighted by atomic mass is 9.96. The van der Waals surface area contributed by atoms with Crippen LogP contribution >= 0.6 is 0 Å². The first-order valence-corrected chi connectivity index (χ1v) is 10.9. The molecule has 1 fully saturated rings. The van der Waals surface area contributed by atoms with Gasteiger partial charge in [-0.1, -0.05) is 31.4 Å². The molecule has 0 unspecified atom stereocenters. The number of methoxy groups -OCH3 is 1. The van der Waals surface area contributed by atoms with E-state index in [1.54, 1.807) is 31.4 Å². The lowest BCUT2D eigenvalue weighted by Gasteiger charge is -2.22. The number of hydrogen-bond donors (Lipinski definition) is 2. The second kappa shape index (κ2) is 10.6. The van der Waals surface area contributed by atoms with Gasteiger partial charge in [0.1, 0.15) is 0 Å². The average molecular weight is 383 g/mol. The normalized spacial score (nSPS) is 15.7. The van der Waals surface area contributed by atoms with Crippen molar-refractivity contribution in [3.63, 3.8) is 0 Å². The van der Waals surface area contributed by atoms with Crippen molar-refractivity contribution in [1.82, 2.24) is 10.0 Å². The molecular weight excluding hydrogens is 352 g/mol. The van der Waals surface area contributed by atoms with Crippen molar-refractivity contribution in [3.05, 3.63) is 29.8 Å². The number of aryl methyl sites for hydroxylation is 1. The largest absolute Gasteiger partial charge is 0.385 e. The summed E-state index contributed by atoms with van der Waals surface area (Å²) in [4.78, 5) is 12.1. The summed E-state index contributed by atoms with van der Waals surface area (Å²) in [6, 6.07) is 6.87. The first kappa shape index (κ1) is 20.9. The van der Waals surface area contributed by atoms with Gasteiger partial charge in [0.05, 0.1) is 4.90 Å². The summed E-state index contributed by atoms with van der Waals surface area (Å²) in [7, 11) is -1.83. The maximum atomic E-state index is 12.5. The van der Waals surface area contributed by atoms with Gasteiger partial charge in [-0.05, 0) is 43.4 Å². The number of amides is 1. The van der Waals surface area contributed by atoms with E-state index in [0.29, 0.717) is 26.0 Å². The summed E-state index contributed by atoms with van der Waals surface area (Å²) < 4.78 is 32.7. The molecule has 6 nitrogen and oxygen atoms in total. The Bertz CT molecular complexity index is 653. The minimum absolute atomic E-state index is 0.00299. The van der Waals surface area contributed by atoms with E-state index in [4.69, 9.17) is 4.74 Å². The molecule has 0 aromatic heterocycles. The fraction of sp³-hybridized carbons (Fsp3) is 0.632. The third kappa shape index (κ3) is 7.05. The summed E-state index contributed by atoms with van der Waals surface area (Å²) in [5.74, 6) is -0.00299. The molecule has 1 aromatic carbocycles. The van der Waals surface area contributed by atoms with Crippen LogP contribution in [0.3, 0.4) is 0 Å². The summed E-state index contributed by atoms with van der Waals surface area (Å²) in [5.41, 5.74) is 0.952. The van der Waals surface area contributed by atoms with Crippen LogP contribution in [0.1, 0.15) is 50.5 Å². The number of rotatable bonds is 10. The Balaban J connectivity index is 1.80. The van der Waals surface area contributed by atoms with Crippen molar-refractivity contribution < 1.29 is 17.9 Å². The molecule has 1 aliphatic carbocycles. The molecule has 7 heteroatoms. The number of benzene rings is 1. The van der Waals surface area contributed by atoms with Crippen molar-refractivity contribution in [2.75, 3.05) is 20.3 Å². The SMILES string of the molecule is COCCCNC(=O)CCc1ccc(S(=O)(=O)NC2CCCCC2)cc1. The molecule has 1 aromatic rings. The van der Waals surface area contributed by atoms with E-state index in [9.17, 15) is 13.2 Å². The van der Waals surface area contributed by atoms with E-state index in [-0.39, 0.29) is 16.8 Å². The maximum absolute atomic E-state index is 12.5. The van der Waals surface area contributed by atoms with Gasteiger partial charge in [-0.2, -0.15) is 0 Å². The van der Waals surface area contributed by atoms with Gasteiger partial charge < -0.3 is 10.1 Å². The average Bonchev–Trinajstić information content (AvgIpc) is 2.64. The van der Waals surface area contributed by atoms with Gasteiger partial charge >= 0.3 is 0 Å². The predicted molar refractivity (Wildman–Crippen MR) is 101 cm³/mol. The molecule has 0 heterocycles. The van der Waals surface area contributed by atoms with E-state index >= 15 is 0 Å². The summed E-state index contributed by atoms with van der Waals surface area (Å²) in [6.45, 7) is 1.24. The number of nitrogens with one attached hydrogen (secondary N) is 2. The van der Waals surface area contributed by atoms with Crippen molar-refractivity contribution in [3.8, 4) is 0 Å². The number of sulfonamides is 1. The van der Waals surface area contributed by atoms with Crippen LogP contribution in [-0.2, 0) is 26.0 Å². The minimum Gasteiger partial charge on any atom is -0.385 e. The zero-order chi connectivity index (χ0) is 18.8. The Hall–Kier alpha value is -1.44. The third-order valence-corrected chi connectivity index (χ3v) is 6.19. The molecule has 0 spiro atoms. The molecule has 1 amide bonds. The molecule has 0 saturated heterocycles. The molecule has 2 N–H and O–H groups in total. The lowest BCUT2D eigenvalue weighted by molar-refractivity contribution is -0.121. The van der Waals surface area contributed by atoms with E-state index in [1.165, 1.54) is 6.42 Å². The number of hydrogen-bond acceptors (Lipinski definition) is 4. The van der Waals surface area contributed by atoms with Crippen molar-refractivity contribution in [1.29, 1.82) is 0 Å². The van der Waals surface area contributed by atoms with Crippen LogP contribution in [0, 0.1) is 0 Å². The summed E-state index contributed by atoms with van der Waals surface area (Å²) in [5, 5.41) is 2.84. The number of carbonyl (C=O) groups is 1. The Morgan fingerprint density at radius 2 is 1.85 bits per heavy atom. The Labute approximate surface area is 156 Å². The second-order valence-corrected chi connectivity index (χ2v) is 8.51. The van der Waals surface area contributed by atoms with E-state index in [0.717, 1.165) is 37.7 Å². The Morgan fingerprint density at radius 1 is 1.15 bits per heavy atom. The van der Waals surface area contributed by atoms with Crippen LogP contribution in [0.2, 0.25) is 0 Å². The molecule has 0 bridgehead atoms. The van der Waals surface area contributed by atoms with Gasteiger partial charge in [-0.15, -0.1) is 0 Å². The van der Waals surface area contributed by atoms with Crippen LogP contribution < -0.4 is 10.0 Å². The standard InChI is InChI=1S/C19H30N2O4S/c1-25-15-5-14-20-19(22)13-10-16-8-11-18(12-9-16)26(23,24)21-17-6-3-2-4-7-17/h8-9,11-12,17,21H,2-7,10,13-15H2,1H3,(H,20,22). The molecule has 0 radical (unpaired) electrons. The van der Waals surface area contributed by atoms with E-state index in [1.807, 2.05) is 0 Å². The van der Waals surface area contributed by atoms with E-state index in [2.05, 4.69) is 10.0 Å². The van der Waals surface area contributed by atoms with Crippen LogP contribution in [0.25, 0.3) is 0 Å². The van der Waals surface area contributed by atoms with E-state index < -0.39 is 10.0 Å². The first-order chi connectivity index (χ1) is 12.5. The van der Waals surface area contributed by atoms with Crippen LogP contribution in [0.4, 0.5) is 0 Å². The van der Waals surface area contributed by atoms with Gasteiger partial charge in [0.25, 0.3) is 0 Å². The molecule has 0 aliphatic heterocycles. The van der Waals surface area contributed by atoms with Crippen LogP contribution in [0.15, 0.2) is 29.2 Å². The predicted octanol–water partition coefficient (Wildman–Crippen LogP) is 2.38. The molecule has 1 saturated carbocycles. The summed E-state index contributed by atoms with van der Waals surface area (Å²) in [6.07, 6.45) is 6.95. The molecule has 1 aliphatic rings. The fourth-order valence-electron chi connectivity index (χ4n) is 3.13. The maximum Gasteiger partial charge on any atom is 0.240 e. The molecule has 146 valence electrons. The van der Waals surface area contributed by atoms with Crippen molar-refractivity contribution in [2.45, 2.75) is 62.3 Å². The summed E-state index contributed by atoms with van der Waals surface area (Å²) >= 11 is 0. The minimum atomic E-state index is -3.47. The highest BCUT2D eigenvalue weighted by atomic mass is 32.2. The third-order valence-electron chi connectivity index (χ3n) is 4.65. The van der Waals surface area contributed by atoms with Crippen molar-refractivity contribution >= 4 is 15.9 Å². The molecule has 0 atom stereocenters. The molecular formula is C19H30N2O4S. The monoisotopic (exact) mass is 382 g/mol. The quantitative estimate of drug-likeness (QED) is 0.609. The number of ether oxygens (including phenoxy) is 1. The zero-order valence-corrected chi connectivity index (χ0v) is 16.3. The smallest absolute Gasteiger partial charge is 0.240 e. The topological polar surface area (TPSA) is 84.5 Å². The first-order valence-electron chi connectivity index (χ1n) is 9.38. The van der Waals surface area contributed by atoms with Gasteiger partial charge in [0, 0.05) is 32.7 Å². The lowest BCUT2D eigenvalue weighted by Crippen LogP contribution is -2.36. The van der Waals surface area contributed by atoms with Crippen molar-refractivity contribution in [2.24, 2.45) is 0 Å². The highest BCUT2D eigenvalue weighted by molar-refractivity contribution is 7.89. The van der Waals surface area contributed by atoms with Gasteiger partial charge in [-0.3, -0.25) is 4.79 Å². The number of carbonyl (C=O) groups excluding carboxylic acids is 1. The van der Waals surface area contributed by atoms with Crippen LogP contribution in [-0.4, -0.2) is 40.6 Å². The highest BCUT2D eigenvalue weighted by Gasteiger charge is 2.21. The molecule has 26 heavy (non-hydrogen) atoms. The second-order valence-electron chi connectivity index (χ2n) is 6.80. The Kier molecular flexibility index (Phi) is 8.54. The van der Waals surface area contributed by atoms with Gasteiger partial charge in [0.15, 0.2) is 0 Å². The fourth-order valence-corrected chi connectivity index (χ4v) is 4.44. The van der Waals surface area contributed by atoms with Gasteiger partial charge in [-0.25, -0.2) is 13.1 Å². The zero-order valence-electron chi connectivity index (χ0n) is 15.5. The van der Waals surface area contributed by atoms with Gasteiger partial charge in [0.2, 0.25) is 15.9 Å². The molecule has 2 rings (SSSR count). The Morgan fingerprint density at radius 3 is 2.50 bits per heavy atom.